The van der Waals surface area contributed by atoms with Crippen LogP contribution in [0.5, 0.6) is 0 Å². The summed E-state index contributed by atoms with van der Waals surface area (Å²) in [6.07, 6.45) is 4.89. The first-order valence-corrected chi connectivity index (χ1v) is 4.52. The summed E-state index contributed by atoms with van der Waals surface area (Å²) in [7, 11) is 4.24. The molecule has 1 heterocycles. The van der Waals surface area contributed by atoms with Crippen LogP contribution < -0.4 is 5.73 Å². The van der Waals surface area contributed by atoms with Crippen molar-refractivity contribution in [1.29, 1.82) is 0 Å². The van der Waals surface area contributed by atoms with Gasteiger partial charge >= 0.3 is 0 Å². The van der Waals surface area contributed by atoms with Gasteiger partial charge in [0.1, 0.15) is 0 Å². The van der Waals surface area contributed by atoms with E-state index in [9.17, 15) is 0 Å². The molecule has 1 unspecified atom stereocenters. The van der Waals surface area contributed by atoms with E-state index in [4.69, 9.17) is 5.73 Å². The topological polar surface area (TPSA) is 32.5 Å². The van der Waals surface area contributed by atoms with Crippen molar-refractivity contribution in [3.8, 4) is 0 Å². The first kappa shape index (κ1) is 9.39. The minimum absolute atomic E-state index is 0.498. The molecule has 0 bridgehead atoms. The van der Waals surface area contributed by atoms with Gasteiger partial charge in [0.15, 0.2) is 0 Å². The number of hydrogen-bond acceptors (Lipinski definition) is 3. The molecule has 1 aliphatic rings. The Bertz CT molecular complexity index is 177. The minimum atomic E-state index is 0.498. The molecule has 1 rings (SSSR count). The van der Waals surface area contributed by atoms with Crippen molar-refractivity contribution in [1.82, 2.24) is 9.80 Å². The summed E-state index contributed by atoms with van der Waals surface area (Å²) in [6, 6.07) is 0. The average molecular weight is 169 g/mol. The van der Waals surface area contributed by atoms with Gasteiger partial charge in [-0.3, -0.25) is 0 Å². The van der Waals surface area contributed by atoms with Gasteiger partial charge < -0.3 is 15.5 Å². The van der Waals surface area contributed by atoms with E-state index >= 15 is 0 Å². The third kappa shape index (κ3) is 1.72. The van der Waals surface area contributed by atoms with E-state index in [1.807, 2.05) is 0 Å². The van der Waals surface area contributed by atoms with E-state index < -0.39 is 0 Å². The zero-order valence-corrected chi connectivity index (χ0v) is 8.25. The van der Waals surface area contributed by atoms with Crippen molar-refractivity contribution in [3.05, 3.63) is 11.9 Å². The van der Waals surface area contributed by atoms with Crippen LogP contribution in [0.15, 0.2) is 11.9 Å². The average Bonchev–Trinajstić information content (AvgIpc) is 2.30. The van der Waals surface area contributed by atoms with Crippen LogP contribution in [-0.2, 0) is 0 Å². The molecule has 0 aromatic carbocycles. The molecule has 0 aromatic rings. The first-order chi connectivity index (χ1) is 5.66. The summed E-state index contributed by atoms with van der Waals surface area (Å²) >= 11 is 0. The molecule has 0 amide bonds. The lowest BCUT2D eigenvalue weighted by Gasteiger charge is -2.25. The van der Waals surface area contributed by atoms with Gasteiger partial charge in [0.2, 0.25) is 0 Å². The quantitative estimate of drug-likeness (QED) is 0.678. The van der Waals surface area contributed by atoms with Crippen molar-refractivity contribution < 1.29 is 0 Å². The summed E-state index contributed by atoms with van der Waals surface area (Å²) in [6.45, 7) is 2.98. The normalized spacial score (nSPS) is 23.3. The molecule has 0 fully saturated rings. The van der Waals surface area contributed by atoms with Crippen LogP contribution in [0.4, 0.5) is 0 Å². The van der Waals surface area contributed by atoms with Crippen molar-refractivity contribution in [2.24, 2.45) is 5.73 Å². The molecule has 70 valence electrons. The lowest BCUT2D eigenvalue weighted by atomic mass is 10.2. The van der Waals surface area contributed by atoms with Gasteiger partial charge in [0.25, 0.3) is 0 Å². The van der Waals surface area contributed by atoms with Crippen LogP contribution in [0.2, 0.25) is 0 Å². The second-order valence-electron chi connectivity index (χ2n) is 3.42. The molecule has 1 atom stereocenters. The minimum Gasteiger partial charge on any atom is -0.359 e. The summed E-state index contributed by atoms with van der Waals surface area (Å²) in [5.41, 5.74) is 6.86. The third-order valence-electron chi connectivity index (χ3n) is 2.59. The molecule has 0 aromatic heterocycles. The Hall–Kier alpha value is -0.700. The second-order valence-corrected chi connectivity index (χ2v) is 3.42. The fourth-order valence-corrected chi connectivity index (χ4v) is 1.47. The van der Waals surface area contributed by atoms with Gasteiger partial charge in [0.05, 0.1) is 6.17 Å². The van der Waals surface area contributed by atoms with Gasteiger partial charge in [0, 0.05) is 26.0 Å². The predicted octanol–water partition coefficient (Wildman–Crippen LogP) is 0.790. The SMILES string of the molecule is CC1N(C)C=C(CCCN)N1C. The highest BCUT2D eigenvalue weighted by molar-refractivity contribution is 5.07. The molecule has 1 aliphatic heterocycles. The van der Waals surface area contributed by atoms with Crippen LogP contribution >= 0.6 is 0 Å². The Kier molecular flexibility index (Phi) is 2.98. The zero-order chi connectivity index (χ0) is 9.14. The van der Waals surface area contributed by atoms with Crippen molar-refractivity contribution >= 4 is 0 Å². The molecule has 0 saturated carbocycles. The highest BCUT2D eigenvalue weighted by Crippen LogP contribution is 2.21. The largest absolute Gasteiger partial charge is 0.359 e. The number of hydrogen-bond donors (Lipinski definition) is 1. The molecular formula is C9H19N3. The lowest BCUT2D eigenvalue weighted by molar-refractivity contribution is 0.213. The second kappa shape index (κ2) is 3.81. The lowest BCUT2D eigenvalue weighted by Crippen LogP contribution is -2.32. The molecule has 0 radical (unpaired) electrons. The zero-order valence-electron chi connectivity index (χ0n) is 8.25. The van der Waals surface area contributed by atoms with Gasteiger partial charge in [-0.25, -0.2) is 0 Å². The van der Waals surface area contributed by atoms with Crippen LogP contribution in [0, 0.1) is 0 Å². The number of allylic oxidation sites excluding steroid dienone is 1. The van der Waals surface area contributed by atoms with Gasteiger partial charge in [-0.15, -0.1) is 0 Å². The fourth-order valence-electron chi connectivity index (χ4n) is 1.47. The van der Waals surface area contributed by atoms with E-state index in [1.54, 1.807) is 0 Å². The molecular weight excluding hydrogens is 150 g/mol. The standard InChI is InChI=1S/C9H19N3/c1-8-11(2)7-9(12(8)3)5-4-6-10/h7-8H,4-6,10H2,1-3H3. The third-order valence-corrected chi connectivity index (χ3v) is 2.59. The molecule has 2 N–H and O–H groups in total. The van der Waals surface area contributed by atoms with Gasteiger partial charge in [-0.05, 0) is 26.3 Å². The summed E-state index contributed by atoms with van der Waals surface area (Å²) in [4.78, 5) is 4.53. The molecule has 0 aliphatic carbocycles. The van der Waals surface area contributed by atoms with E-state index in [1.165, 1.54) is 5.70 Å². The number of nitrogens with zero attached hydrogens (tertiary/aromatic N) is 2. The predicted molar refractivity (Wildman–Crippen MR) is 51.4 cm³/mol. The fraction of sp³-hybridized carbons (Fsp3) is 0.778. The highest BCUT2D eigenvalue weighted by atomic mass is 15.4. The maximum absolute atomic E-state index is 5.46. The van der Waals surface area contributed by atoms with Crippen LogP contribution in [-0.4, -0.2) is 36.6 Å². The Morgan fingerprint density at radius 2 is 2.17 bits per heavy atom. The van der Waals surface area contributed by atoms with E-state index in [0.29, 0.717) is 6.17 Å². The van der Waals surface area contributed by atoms with E-state index in [2.05, 4.69) is 37.0 Å². The van der Waals surface area contributed by atoms with Gasteiger partial charge in [-0.1, -0.05) is 0 Å². The van der Waals surface area contributed by atoms with E-state index in [0.717, 1.165) is 19.4 Å². The van der Waals surface area contributed by atoms with Crippen LogP contribution in [0.3, 0.4) is 0 Å². The molecule has 0 spiro atoms. The molecule has 0 saturated heterocycles. The molecule has 3 heteroatoms. The Labute approximate surface area is 74.8 Å². The summed E-state index contributed by atoms with van der Waals surface area (Å²) in [5.74, 6) is 0. The maximum Gasteiger partial charge on any atom is 0.0974 e. The van der Waals surface area contributed by atoms with Crippen molar-refractivity contribution in [2.45, 2.75) is 25.9 Å². The monoisotopic (exact) mass is 169 g/mol. The van der Waals surface area contributed by atoms with Crippen molar-refractivity contribution in [3.63, 3.8) is 0 Å². The summed E-state index contributed by atoms with van der Waals surface area (Å²) < 4.78 is 0. The highest BCUT2D eigenvalue weighted by Gasteiger charge is 2.21. The Morgan fingerprint density at radius 3 is 2.58 bits per heavy atom. The summed E-state index contributed by atoms with van der Waals surface area (Å²) in [5, 5.41) is 0. The molecule has 3 nitrogen and oxygen atoms in total. The van der Waals surface area contributed by atoms with Crippen molar-refractivity contribution in [2.75, 3.05) is 20.6 Å². The van der Waals surface area contributed by atoms with Crippen LogP contribution in [0.1, 0.15) is 19.8 Å². The molecule has 12 heavy (non-hydrogen) atoms. The maximum atomic E-state index is 5.46. The Morgan fingerprint density at radius 1 is 1.50 bits per heavy atom. The smallest absolute Gasteiger partial charge is 0.0974 e. The van der Waals surface area contributed by atoms with Crippen LogP contribution in [0.25, 0.3) is 0 Å². The van der Waals surface area contributed by atoms with Gasteiger partial charge in [-0.2, -0.15) is 0 Å². The van der Waals surface area contributed by atoms with E-state index in [-0.39, 0.29) is 0 Å². The number of nitrogens with two attached hydrogens (primary N) is 1. The Balaban J connectivity index is 2.48. The first-order valence-electron chi connectivity index (χ1n) is 4.52. The number of rotatable bonds is 3.